The largest absolute Gasteiger partial charge is 0.354 e. The summed E-state index contributed by atoms with van der Waals surface area (Å²) in [5.41, 5.74) is 5.77. The molecule has 3 N–H and O–H groups in total. The van der Waals surface area contributed by atoms with Crippen LogP contribution in [0, 0.1) is 0 Å². The first-order valence-electron chi connectivity index (χ1n) is 5.66. The van der Waals surface area contributed by atoms with Gasteiger partial charge in [-0.15, -0.1) is 0 Å². The van der Waals surface area contributed by atoms with Crippen LogP contribution in [0.5, 0.6) is 0 Å². The van der Waals surface area contributed by atoms with Crippen molar-refractivity contribution in [2.75, 3.05) is 20.6 Å². The van der Waals surface area contributed by atoms with Gasteiger partial charge < -0.3 is 16.0 Å². The third-order valence-corrected chi connectivity index (χ3v) is 3.35. The number of nitrogens with one attached hydrogen (secondary N) is 1. The molecule has 1 unspecified atom stereocenters. The lowest BCUT2D eigenvalue weighted by atomic mass is 9.75. The molecule has 0 heterocycles. The van der Waals surface area contributed by atoms with E-state index in [9.17, 15) is 4.79 Å². The summed E-state index contributed by atoms with van der Waals surface area (Å²) >= 11 is 0. The summed E-state index contributed by atoms with van der Waals surface area (Å²) in [7, 11) is 4.16. The number of hydrogen-bond acceptors (Lipinski definition) is 3. The van der Waals surface area contributed by atoms with E-state index in [4.69, 9.17) is 5.73 Å². The molecule has 1 fully saturated rings. The Hall–Kier alpha value is -0.610. The molecule has 15 heavy (non-hydrogen) atoms. The number of likely N-dealkylation sites (N-methyl/N-ethyl adjacent to an activating group) is 1. The van der Waals surface area contributed by atoms with Gasteiger partial charge in [-0.3, -0.25) is 4.79 Å². The summed E-state index contributed by atoms with van der Waals surface area (Å²) in [5, 5.41) is 2.98. The van der Waals surface area contributed by atoms with Crippen LogP contribution < -0.4 is 11.1 Å². The third kappa shape index (κ3) is 3.18. The van der Waals surface area contributed by atoms with Gasteiger partial charge in [0.05, 0.1) is 0 Å². The first kappa shape index (κ1) is 12.5. The highest BCUT2D eigenvalue weighted by atomic mass is 16.1. The molecule has 0 spiro atoms. The van der Waals surface area contributed by atoms with Crippen molar-refractivity contribution in [2.24, 2.45) is 5.73 Å². The number of rotatable bonds is 5. The zero-order chi connectivity index (χ0) is 11.5. The number of nitrogens with two attached hydrogens (primary N) is 1. The Morgan fingerprint density at radius 2 is 2.13 bits per heavy atom. The van der Waals surface area contributed by atoms with E-state index < -0.39 is 0 Å². The van der Waals surface area contributed by atoms with Crippen molar-refractivity contribution >= 4 is 5.91 Å². The van der Waals surface area contributed by atoms with Gasteiger partial charge in [0.25, 0.3) is 0 Å². The molecule has 1 atom stereocenters. The van der Waals surface area contributed by atoms with Gasteiger partial charge in [0, 0.05) is 24.5 Å². The van der Waals surface area contributed by atoms with E-state index in [1.807, 2.05) is 6.92 Å². The highest BCUT2D eigenvalue weighted by molar-refractivity contribution is 5.76. The van der Waals surface area contributed by atoms with Gasteiger partial charge in [-0.25, -0.2) is 0 Å². The van der Waals surface area contributed by atoms with Crippen LogP contribution >= 0.6 is 0 Å². The molecule has 1 amide bonds. The molecule has 0 aromatic rings. The van der Waals surface area contributed by atoms with Gasteiger partial charge in [0.15, 0.2) is 0 Å². The maximum atomic E-state index is 11.5. The molecule has 1 aliphatic carbocycles. The smallest absolute Gasteiger partial charge is 0.221 e. The van der Waals surface area contributed by atoms with Gasteiger partial charge in [0.2, 0.25) is 5.91 Å². The summed E-state index contributed by atoms with van der Waals surface area (Å²) in [5.74, 6) is 0.0677. The van der Waals surface area contributed by atoms with E-state index in [2.05, 4.69) is 24.3 Å². The lowest BCUT2D eigenvalue weighted by Crippen LogP contribution is -2.57. The van der Waals surface area contributed by atoms with Crippen molar-refractivity contribution < 1.29 is 4.79 Å². The van der Waals surface area contributed by atoms with Crippen LogP contribution in [0.2, 0.25) is 0 Å². The summed E-state index contributed by atoms with van der Waals surface area (Å²) in [6.45, 7) is 2.61. The highest BCUT2D eigenvalue weighted by Gasteiger charge is 2.39. The van der Waals surface area contributed by atoms with E-state index in [-0.39, 0.29) is 17.5 Å². The lowest BCUT2D eigenvalue weighted by molar-refractivity contribution is -0.122. The minimum absolute atomic E-state index is 0.0540. The highest BCUT2D eigenvalue weighted by Crippen LogP contribution is 2.35. The maximum Gasteiger partial charge on any atom is 0.221 e. The number of carbonyl (C=O) groups excluding carboxylic acids is 1. The summed E-state index contributed by atoms with van der Waals surface area (Å²) < 4.78 is 0. The number of nitrogens with zero attached hydrogens (tertiary/aromatic N) is 1. The third-order valence-electron chi connectivity index (χ3n) is 3.35. The normalized spacial score (nSPS) is 20.9. The molecule has 4 heteroatoms. The Bertz CT molecular complexity index is 222. The van der Waals surface area contributed by atoms with E-state index >= 15 is 0 Å². The molecule has 4 nitrogen and oxygen atoms in total. The van der Waals surface area contributed by atoms with Crippen molar-refractivity contribution in [1.82, 2.24) is 10.2 Å². The Morgan fingerprint density at radius 1 is 1.53 bits per heavy atom. The molecule has 1 rings (SSSR count). The molecular weight excluding hydrogens is 190 g/mol. The summed E-state index contributed by atoms with van der Waals surface area (Å²) in [6, 6.07) is -0.0540. The Morgan fingerprint density at radius 3 is 2.47 bits per heavy atom. The minimum Gasteiger partial charge on any atom is -0.354 e. The minimum atomic E-state index is -0.0540. The lowest BCUT2D eigenvalue weighted by Gasteiger charge is -2.47. The topological polar surface area (TPSA) is 58.4 Å². The molecule has 88 valence electrons. The molecular formula is C11H23N3O. The van der Waals surface area contributed by atoms with Crippen LogP contribution in [0.4, 0.5) is 0 Å². The van der Waals surface area contributed by atoms with Gasteiger partial charge in [0.1, 0.15) is 0 Å². The van der Waals surface area contributed by atoms with Gasteiger partial charge in [-0.2, -0.15) is 0 Å². The molecule has 0 aromatic heterocycles. The summed E-state index contributed by atoms with van der Waals surface area (Å²) in [4.78, 5) is 13.7. The fourth-order valence-corrected chi connectivity index (χ4v) is 1.99. The predicted octanol–water partition coefficient (Wildman–Crippen LogP) is 0.324. The quantitative estimate of drug-likeness (QED) is 0.691. The van der Waals surface area contributed by atoms with Crippen molar-refractivity contribution in [2.45, 2.75) is 44.2 Å². The first-order chi connectivity index (χ1) is 6.96. The Balaban J connectivity index is 2.32. The molecule has 0 aliphatic heterocycles. The van der Waals surface area contributed by atoms with Crippen LogP contribution in [0.25, 0.3) is 0 Å². The summed E-state index contributed by atoms with van der Waals surface area (Å²) in [6.07, 6.45) is 4.04. The average Bonchev–Trinajstić information content (AvgIpc) is 1.99. The second-order valence-corrected chi connectivity index (χ2v) is 4.93. The fraction of sp³-hybridized carbons (Fsp3) is 0.909. The maximum absolute atomic E-state index is 11.5. The zero-order valence-corrected chi connectivity index (χ0v) is 10.0. The second-order valence-electron chi connectivity index (χ2n) is 4.93. The number of carbonyl (C=O) groups is 1. The van der Waals surface area contributed by atoms with Crippen molar-refractivity contribution in [3.8, 4) is 0 Å². The predicted molar refractivity (Wildman–Crippen MR) is 61.5 cm³/mol. The molecule has 0 radical (unpaired) electrons. The van der Waals surface area contributed by atoms with E-state index in [1.165, 1.54) is 19.3 Å². The Labute approximate surface area is 92.2 Å². The molecule has 0 aromatic carbocycles. The van der Waals surface area contributed by atoms with Crippen LogP contribution in [-0.4, -0.2) is 43.0 Å². The first-order valence-corrected chi connectivity index (χ1v) is 5.66. The molecule has 0 saturated heterocycles. The van der Waals surface area contributed by atoms with Gasteiger partial charge in [-0.05, 0) is 40.3 Å². The SMILES string of the molecule is CC(N)CC(=O)NCC1(N(C)C)CCC1. The van der Waals surface area contributed by atoms with Crippen molar-refractivity contribution in [3.63, 3.8) is 0 Å². The fourth-order valence-electron chi connectivity index (χ4n) is 1.99. The molecule has 1 aliphatic rings. The molecule has 0 bridgehead atoms. The van der Waals surface area contributed by atoms with E-state index in [0.717, 1.165) is 6.54 Å². The van der Waals surface area contributed by atoms with Crippen LogP contribution in [-0.2, 0) is 4.79 Å². The van der Waals surface area contributed by atoms with E-state index in [1.54, 1.807) is 0 Å². The van der Waals surface area contributed by atoms with Crippen LogP contribution in [0.1, 0.15) is 32.6 Å². The Kier molecular flexibility index (Phi) is 4.11. The zero-order valence-electron chi connectivity index (χ0n) is 10.0. The van der Waals surface area contributed by atoms with Crippen molar-refractivity contribution in [3.05, 3.63) is 0 Å². The van der Waals surface area contributed by atoms with Gasteiger partial charge in [-0.1, -0.05) is 0 Å². The van der Waals surface area contributed by atoms with E-state index in [0.29, 0.717) is 6.42 Å². The van der Waals surface area contributed by atoms with Crippen LogP contribution in [0.3, 0.4) is 0 Å². The second kappa shape index (κ2) is 4.94. The number of hydrogen-bond donors (Lipinski definition) is 2. The molecule has 1 saturated carbocycles. The van der Waals surface area contributed by atoms with Crippen LogP contribution in [0.15, 0.2) is 0 Å². The standard InChI is InChI=1S/C11H23N3O/c1-9(12)7-10(15)13-8-11(14(2)3)5-4-6-11/h9H,4-8,12H2,1-3H3,(H,13,15). The van der Waals surface area contributed by atoms with Crippen molar-refractivity contribution in [1.29, 1.82) is 0 Å². The monoisotopic (exact) mass is 213 g/mol. The number of amides is 1. The average molecular weight is 213 g/mol. The van der Waals surface area contributed by atoms with Gasteiger partial charge >= 0.3 is 0 Å².